The van der Waals surface area contributed by atoms with Crippen molar-refractivity contribution in [1.29, 1.82) is 5.26 Å². The summed E-state index contributed by atoms with van der Waals surface area (Å²) in [6.07, 6.45) is 6.10. The third-order valence-corrected chi connectivity index (χ3v) is 6.09. The molecule has 0 unspecified atom stereocenters. The first kappa shape index (κ1) is 19.2. The number of nitrogens with zero attached hydrogens (tertiary/aromatic N) is 8. The van der Waals surface area contributed by atoms with Gasteiger partial charge in [0.05, 0.1) is 30.3 Å². The molecule has 0 atom stereocenters. The third kappa shape index (κ3) is 2.95. The lowest BCUT2D eigenvalue weighted by Crippen LogP contribution is -2.43. The van der Waals surface area contributed by atoms with Gasteiger partial charge in [-0.3, -0.25) is 9.13 Å². The van der Waals surface area contributed by atoms with E-state index < -0.39 is 11.6 Å². The van der Waals surface area contributed by atoms with Crippen LogP contribution < -0.4 is 11.0 Å². The zero-order valence-corrected chi connectivity index (χ0v) is 17.1. The molecule has 1 fully saturated rings. The van der Waals surface area contributed by atoms with Crippen molar-refractivity contribution in [3.05, 3.63) is 40.8 Å². The summed E-state index contributed by atoms with van der Waals surface area (Å²) < 4.78 is 4.56. The molecule has 31 heavy (non-hydrogen) atoms. The van der Waals surface area contributed by atoms with Crippen LogP contribution in [0.3, 0.4) is 0 Å². The Balaban J connectivity index is 1.62. The summed E-state index contributed by atoms with van der Waals surface area (Å²) in [4.78, 5) is 26.2. The predicted molar refractivity (Wildman–Crippen MR) is 112 cm³/mol. The van der Waals surface area contributed by atoms with Crippen LogP contribution in [0.4, 0.5) is 11.6 Å². The number of hydrogen-bond acceptors (Lipinski definition) is 8. The maximum Gasteiger partial charge on any atom is 0.331 e. The molecule has 158 valence electrons. The lowest BCUT2D eigenvalue weighted by atomic mass is 9.81. The second-order valence-electron chi connectivity index (χ2n) is 8.01. The van der Waals surface area contributed by atoms with E-state index in [1.165, 1.54) is 15.5 Å². The summed E-state index contributed by atoms with van der Waals surface area (Å²) in [6.45, 7) is 1.94. The quantitative estimate of drug-likeness (QED) is 0.508. The van der Waals surface area contributed by atoms with Crippen molar-refractivity contribution in [1.82, 2.24) is 33.7 Å². The van der Waals surface area contributed by atoms with Crippen LogP contribution in [0.15, 0.2) is 29.6 Å². The molecule has 0 radical (unpaired) electrons. The monoisotopic (exact) mass is 419 g/mol. The fourth-order valence-corrected chi connectivity index (χ4v) is 4.23. The zero-order valence-electron chi connectivity index (χ0n) is 17.1. The van der Waals surface area contributed by atoms with Crippen LogP contribution in [0, 0.1) is 18.3 Å². The van der Waals surface area contributed by atoms with Crippen molar-refractivity contribution >= 4 is 28.4 Å². The molecule has 0 amide bonds. The number of aliphatic hydroxyl groups excluding tert-OH is 1. The zero-order chi connectivity index (χ0) is 21.8. The molecular formula is C20H21N9O2. The number of aryl methyl sites for hydroxylation is 2. The first-order valence-corrected chi connectivity index (χ1v) is 10.0. The van der Waals surface area contributed by atoms with Gasteiger partial charge in [0.25, 0.3) is 0 Å². The van der Waals surface area contributed by atoms with E-state index in [0.29, 0.717) is 42.8 Å². The van der Waals surface area contributed by atoms with Gasteiger partial charge in [-0.1, -0.05) is 0 Å². The van der Waals surface area contributed by atoms with Crippen LogP contribution in [-0.4, -0.2) is 44.9 Å². The van der Waals surface area contributed by atoms with Crippen LogP contribution in [0.25, 0.3) is 16.8 Å². The van der Waals surface area contributed by atoms with Gasteiger partial charge < -0.3 is 10.4 Å². The van der Waals surface area contributed by atoms with Gasteiger partial charge in [0.15, 0.2) is 11.3 Å². The second kappa shape index (κ2) is 6.88. The molecule has 5 rings (SSSR count). The highest BCUT2D eigenvalue weighted by atomic mass is 16.3. The van der Waals surface area contributed by atoms with Crippen LogP contribution in [0.5, 0.6) is 0 Å². The van der Waals surface area contributed by atoms with Crippen LogP contribution in [0.2, 0.25) is 0 Å². The molecule has 4 aromatic rings. The van der Waals surface area contributed by atoms with Crippen molar-refractivity contribution in [3.63, 3.8) is 0 Å². The van der Waals surface area contributed by atoms with E-state index >= 15 is 0 Å². The average molecular weight is 419 g/mol. The Morgan fingerprint density at radius 1 is 1.32 bits per heavy atom. The summed E-state index contributed by atoms with van der Waals surface area (Å²) in [6, 6.07) is 4.23. The van der Waals surface area contributed by atoms with E-state index in [1.807, 2.05) is 13.0 Å². The largest absolute Gasteiger partial charge is 0.393 e. The Bertz CT molecular complexity index is 1400. The Kier molecular flexibility index (Phi) is 4.26. The van der Waals surface area contributed by atoms with Gasteiger partial charge in [-0.2, -0.15) is 15.3 Å². The number of fused-ring (bicyclic) bond motifs is 2. The standard InChI is InChI=1S/C20H21N9O2/c1-12-7-16-23-11-24-28(16)9-14(12)25-18-22-8-15-17(26-18)29(19(31)27(15)2)20(10-21)5-3-13(30)4-6-20/h7-9,11,13,30H,3-6H2,1-2H3,(H,22,25,26). The molecule has 0 spiro atoms. The fraction of sp³-hybridized carbons (Fsp3) is 0.400. The Morgan fingerprint density at radius 2 is 2.10 bits per heavy atom. The summed E-state index contributed by atoms with van der Waals surface area (Å²) in [7, 11) is 1.64. The normalized spacial score (nSPS) is 21.4. The lowest BCUT2D eigenvalue weighted by molar-refractivity contribution is 0.0900. The Labute approximate surface area is 176 Å². The molecule has 0 aromatic carbocycles. The van der Waals surface area contributed by atoms with Crippen molar-refractivity contribution in [2.24, 2.45) is 7.05 Å². The van der Waals surface area contributed by atoms with Crippen LogP contribution in [-0.2, 0) is 12.6 Å². The number of anilines is 2. The predicted octanol–water partition coefficient (Wildman–Crippen LogP) is 1.38. The molecule has 1 saturated carbocycles. The molecule has 2 N–H and O–H groups in total. The number of nitrogens with one attached hydrogen (secondary N) is 1. The van der Waals surface area contributed by atoms with E-state index in [1.54, 1.807) is 24.0 Å². The molecule has 0 bridgehead atoms. The Hall–Kier alpha value is -3.78. The van der Waals surface area contributed by atoms with Gasteiger partial charge in [-0.15, -0.1) is 0 Å². The molecule has 1 aliphatic rings. The van der Waals surface area contributed by atoms with E-state index in [4.69, 9.17) is 0 Å². The molecule has 1 aliphatic carbocycles. The number of pyridine rings is 1. The number of nitriles is 1. The topological polar surface area (TPSA) is 139 Å². The van der Waals surface area contributed by atoms with E-state index in [9.17, 15) is 15.2 Å². The highest BCUT2D eigenvalue weighted by Crippen LogP contribution is 2.35. The highest BCUT2D eigenvalue weighted by molar-refractivity contribution is 5.74. The van der Waals surface area contributed by atoms with E-state index in [0.717, 1.165) is 16.9 Å². The highest BCUT2D eigenvalue weighted by Gasteiger charge is 2.40. The first-order chi connectivity index (χ1) is 14.9. The smallest absolute Gasteiger partial charge is 0.331 e. The summed E-state index contributed by atoms with van der Waals surface area (Å²) >= 11 is 0. The molecule has 4 aromatic heterocycles. The van der Waals surface area contributed by atoms with Crippen molar-refractivity contribution in [2.45, 2.75) is 44.2 Å². The van der Waals surface area contributed by atoms with Gasteiger partial charge >= 0.3 is 5.69 Å². The summed E-state index contributed by atoms with van der Waals surface area (Å²) in [5.41, 5.74) is 1.98. The Morgan fingerprint density at radius 3 is 2.84 bits per heavy atom. The maximum atomic E-state index is 13.1. The molecule has 0 saturated heterocycles. The molecule has 0 aliphatic heterocycles. The van der Waals surface area contributed by atoms with Crippen molar-refractivity contribution in [2.75, 3.05) is 5.32 Å². The van der Waals surface area contributed by atoms with Gasteiger partial charge in [0.1, 0.15) is 17.4 Å². The SMILES string of the molecule is Cc1cc2ncnn2cc1Nc1ncc2c(n1)n(C1(C#N)CCC(O)CC1)c(=O)n2C. The maximum absolute atomic E-state index is 13.1. The molecule has 4 heterocycles. The van der Waals surface area contributed by atoms with Crippen molar-refractivity contribution < 1.29 is 5.11 Å². The average Bonchev–Trinajstić information content (AvgIpc) is 3.31. The van der Waals surface area contributed by atoms with E-state index in [-0.39, 0.29) is 5.69 Å². The van der Waals surface area contributed by atoms with E-state index in [2.05, 4.69) is 31.4 Å². The van der Waals surface area contributed by atoms with Gasteiger partial charge in [0, 0.05) is 7.05 Å². The van der Waals surface area contributed by atoms with Gasteiger partial charge in [0.2, 0.25) is 5.95 Å². The summed E-state index contributed by atoms with van der Waals surface area (Å²) in [5, 5.41) is 27.3. The number of hydrogen-bond donors (Lipinski definition) is 2. The number of aromatic nitrogens is 7. The number of imidazole rings is 1. The first-order valence-electron chi connectivity index (χ1n) is 10.0. The van der Waals surface area contributed by atoms with Crippen LogP contribution >= 0.6 is 0 Å². The fourth-order valence-electron chi connectivity index (χ4n) is 4.23. The number of aliphatic hydroxyl groups is 1. The molecular weight excluding hydrogens is 398 g/mol. The molecule has 11 nitrogen and oxygen atoms in total. The lowest BCUT2D eigenvalue weighted by Gasteiger charge is -2.33. The molecule has 11 heteroatoms. The minimum Gasteiger partial charge on any atom is -0.393 e. The van der Waals surface area contributed by atoms with Crippen LogP contribution in [0.1, 0.15) is 31.2 Å². The minimum atomic E-state index is -1.04. The minimum absolute atomic E-state index is 0.304. The summed E-state index contributed by atoms with van der Waals surface area (Å²) in [5.74, 6) is 0.304. The van der Waals surface area contributed by atoms with Gasteiger partial charge in [-0.25, -0.2) is 19.3 Å². The van der Waals surface area contributed by atoms with Crippen molar-refractivity contribution in [3.8, 4) is 6.07 Å². The second-order valence-corrected chi connectivity index (χ2v) is 8.01. The number of rotatable bonds is 3. The third-order valence-electron chi connectivity index (χ3n) is 6.09. The van der Waals surface area contributed by atoms with Gasteiger partial charge in [-0.05, 0) is 44.2 Å².